The highest BCUT2D eigenvalue weighted by Gasteiger charge is 2.25. The van der Waals surface area contributed by atoms with E-state index in [1.54, 1.807) is 24.4 Å². The molecule has 5 N–H and O–H groups in total. The van der Waals surface area contributed by atoms with Gasteiger partial charge in [0.05, 0.1) is 16.3 Å². The molecule has 0 fully saturated rings. The number of phenolic OH excluding ortho intramolecular Hbond substituents is 1. The zero-order chi connectivity index (χ0) is 32.4. The zero-order valence-corrected chi connectivity index (χ0v) is 25.8. The number of aromatic nitrogens is 1. The van der Waals surface area contributed by atoms with Crippen molar-refractivity contribution in [3.8, 4) is 27.4 Å². The molecular formula is C35H27N3O7S. The number of nitrogen functional groups attached to an aromatic ring is 2. The maximum atomic E-state index is 14.2. The van der Waals surface area contributed by atoms with Crippen LogP contribution in [0.3, 0.4) is 0 Å². The third kappa shape index (κ3) is 4.47. The normalized spacial score (nSPS) is 11.6. The molecule has 4 heterocycles. The third-order valence-corrected chi connectivity index (χ3v) is 9.23. The molecule has 0 bridgehead atoms. The second-order valence-electron chi connectivity index (χ2n) is 11.1. The Morgan fingerprint density at radius 2 is 1.52 bits per heavy atom. The maximum Gasteiger partial charge on any atom is 0.336 e. The van der Waals surface area contributed by atoms with Crippen LogP contribution in [-0.2, 0) is 12.8 Å². The summed E-state index contributed by atoms with van der Waals surface area (Å²) < 4.78 is 17.6. The molecule has 7 aromatic rings. The van der Waals surface area contributed by atoms with Gasteiger partial charge in [0, 0.05) is 40.1 Å². The summed E-state index contributed by atoms with van der Waals surface area (Å²) in [6.45, 7) is 5.34. The first-order valence-corrected chi connectivity index (χ1v) is 15.4. The van der Waals surface area contributed by atoms with Gasteiger partial charge in [0.2, 0.25) is 11.3 Å². The average Bonchev–Trinajstić information content (AvgIpc) is 3.46. The van der Waals surface area contributed by atoms with Crippen LogP contribution in [0.5, 0.6) is 5.75 Å². The molecule has 10 nitrogen and oxygen atoms in total. The van der Waals surface area contributed by atoms with Crippen LogP contribution in [0, 0.1) is 13.8 Å². The lowest BCUT2D eigenvalue weighted by molar-refractivity contribution is 0.461. The molecule has 0 saturated carbocycles. The second kappa shape index (κ2) is 10.7. The molecule has 0 aliphatic carbocycles. The number of rotatable bonds is 5. The molecule has 0 unspecified atom stereocenters. The topological polar surface area (TPSA) is 176 Å². The number of fused-ring (bicyclic) bond motifs is 3. The Morgan fingerprint density at radius 1 is 0.826 bits per heavy atom. The summed E-state index contributed by atoms with van der Waals surface area (Å²) in [4.78, 5) is 45.0. The number of phenols is 1. The van der Waals surface area contributed by atoms with Crippen molar-refractivity contribution >= 4 is 56.0 Å². The van der Waals surface area contributed by atoms with E-state index in [1.165, 1.54) is 17.4 Å². The minimum absolute atomic E-state index is 0.0379. The van der Waals surface area contributed by atoms with Crippen LogP contribution in [0.1, 0.15) is 34.9 Å². The summed E-state index contributed by atoms with van der Waals surface area (Å²) in [5.41, 5.74) is 15.1. The molecule has 3 aromatic carbocycles. The van der Waals surface area contributed by atoms with Gasteiger partial charge in [-0.3, -0.25) is 9.59 Å². The van der Waals surface area contributed by atoms with Gasteiger partial charge in [-0.15, -0.1) is 11.3 Å². The van der Waals surface area contributed by atoms with E-state index >= 15 is 0 Å². The van der Waals surface area contributed by atoms with E-state index in [4.69, 9.17) is 24.7 Å². The van der Waals surface area contributed by atoms with Crippen molar-refractivity contribution in [1.82, 2.24) is 4.98 Å². The van der Waals surface area contributed by atoms with Gasteiger partial charge >= 0.3 is 5.63 Å². The molecule has 230 valence electrons. The molecule has 0 amide bonds. The summed E-state index contributed by atoms with van der Waals surface area (Å²) in [5, 5.41) is 14.5. The highest BCUT2D eigenvalue weighted by molar-refractivity contribution is 7.13. The van der Waals surface area contributed by atoms with Crippen molar-refractivity contribution in [1.29, 1.82) is 0 Å². The monoisotopic (exact) mass is 633 g/mol. The highest BCUT2D eigenvalue weighted by atomic mass is 32.1. The summed E-state index contributed by atoms with van der Waals surface area (Å²) >= 11 is 1.27. The van der Waals surface area contributed by atoms with E-state index < -0.39 is 16.5 Å². The Morgan fingerprint density at radius 3 is 2.22 bits per heavy atom. The van der Waals surface area contributed by atoms with Gasteiger partial charge in [0.1, 0.15) is 33.1 Å². The molecule has 0 spiro atoms. The number of hydrogen-bond acceptors (Lipinski definition) is 11. The van der Waals surface area contributed by atoms with Gasteiger partial charge in [-0.05, 0) is 49.1 Å². The zero-order valence-electron chi connectivity index (χ0n) is 25.0. The van der Waals surface area contributed by atoms with Crippen molar-refractivity contribution in [2.75, 3.05) is 11.5 Å². The number of hydrogen-bond donors (Lipinski definition) is 3. The van der Waals surface area contributed by atoms with Gasteiger partial charge in [0.25, 0.3) is 0 Å². The van der Waals surface area contributed by atoms with Crippen LogP contribution in [0.15, 0.2) is 81.5 Å². The fourth-order valence-corrected chi connectivity index (χ4v) is 6.80. The number of benzene rings is 3. The lowest BCUT2D eigenvalue weighted by Gasteiger charge is -2.15. The molecule has 11 heteroatoms. The predicted octanol–water partition coefficient (Wildman–Crippen LogP) is 6.44. The Labute approximate surface area is 264 Å². The van der Waals surface area contributed by atoms with Crippen LogP contribution in [-0.4, -0.2) is 10.1 Å². The van der Waals surface area contributed by atoms with Gasteiger partial charge in [-0.25, -0.2) is 9.78 Å². The fourth-order valence-electron chi connectivity index (χ4n) is 5.96. The second-order valence-corrected chi connectivity index (χ2v) is 12.0. The lowest BCUT2D eigenvalue weighted by atomic mass is 9.95. The highest BCUT2D eigenvalue weighted by Crippen LogP contribution is 2.38. The summed E-state index contributed by atoms with van der Waals surface area (Å²) in [5.74, 6) is -0.495. The summed E-state index contributed by atoms with van der Waals surface area (Å²) in [6, 6.07) is 13.9. The van der Waals surface area contributed by atoms with Crippen LogP contribution in [0.4, 0.5) is 11.8 Å². The van der Waals surface area contributed by atoms with E-state index in [2.05, 4.69) is 4.98 Å². The molecule has 0 saturated heterocycles. The molecule has 0 atom stereocenters. The molecule has 4 aromatic heterocycles. The van der Waals surface area contributed by atoms with Crippen LogP contribution in [0.25, 0.3) is 54.6 Å². The smallest absolute Gasteiger partial charge is 0.336 e. The van der Waals surface area contributed by atoms with Crippen molar-refractivity contribution in [3.05, 3.63) is 113 Å². The standard InChI is InChI=1S/C35H27N3O7S/c1-4-17-10-21-29(42)26(35-38-15(2)14-46-35)34(37)45-32(21)22(27(17)40)12-24-28(41)23-11-20-19(18-8-6-5-7-9-18)13-25(39)43-30(20)16(3)31(23)44-33(24)36/h5-11,13-14,40H,4,12,36-37H2,1-3H3. The number of thiazole rings is 1. The van der Waals surface area contributed by atoms with Gasteiger partial charge in [-0.2, -0.15) is 0 Å². The first-order chi connectivity index (χ1) is 22.1. The van der Waals surface area contributed by atoms with E-state index in [0.717, 1.165) is 11.3 Å². The predicted molar refractivity (Wildman–Crippen MR) is 180 cm³/mol. The first-order valence-electron chi connectivity index (χ1n) is 14.5. The van der Waals surface area contributed by atoms with Gasteiger partial charge in [-0.1, -0.05) is 37.3 Å². The summed E-state index contributed by atoms with van der Waals surface area (Å²) in [6.07, 6.45) is 0.176. The van der Waals surface area contributed by atoms with E-state index in [1.807, 2.05) is 44.2 Å². The maximum absolute atomic E-state index is 14.2. The number of aromatic hydroxyl groups is 1. The molecule has 46 heavy (non-hydrogen) atoms. The first kappa shape index (κ1) is 29.1. The molecule has 7 rings (SSSR count). The third-order valence-electron chi connectivity index (χ3n) is 8.25. The number of aryl methyl sites for hydroxylation is 3. The van der Waals surface area contributed by atoms with E-state index in [0.29, 0.717) is 33.5 Å². The lowest BCUT2D eigenvalue weighted by Crippen LogP contribution is -2.15. The van der Waals surface area contributed by atoms with Crippen LogP contribution in [0.2, 0.25) is 0 Å². The van der Waals surface area contributed by atoms with E-state index in [-0.39, 0.29) is 68.2 Å². The van der Waals surface area contributed by atoms with Crippen molar-refractivity contribution < 1.29 is 18.4 Å². The van der Waals surface area contributed by atoms with Crippen molar-refractivity contribution in [2.24, 2.45) is 0 Å². The largest absolute Gasteiger partial charge is 0.507 e. The Kier molecular flexibility index (Phi) is 6.78. The average molecular weight is 634 g/mol. The number of nitrogens with zero attached hydrogens (tertiary/aromatic N) is 1. The molecular weight excluding hydrogens is 606 g/mol. The van der Waals surface area contributed by atoms with Crippen LogP contribution >= 0.6 is 11.3 Å². The summed E-state index contributed by atoms with van der Waals surface area (Å²) in [7, 11) is 0. The minimum atomic E-state index is -0.548. The minimum Gasteiger partial charge on any atom is -0.507 e. The number of anilines is 2. The van der Waals surface area contributed by atoms with Crippen molar-refractivity contribution in [3.63, 3.8) is 0 Å². The number of nitrogens with two attached hydrogens (primary N) is 2. The van der Waals surface area contributed by atoms with Gasteiger partial charge in [0.15, 0.2) is 11.3 Å². The van der Waals surface area contributed by atoms with Crippen LogP contribution < -0.4 is 28.0 Å². The fraction of sp³-hybridized carbons (Fsp3) is 0.143. The Bertz CT molecular complexity index is 2560. The van der Waals surface area contributed by atoms with Crippen molar-refractivity contribution in [2.45, 2.75) is 33.6 Å². The SMILES string of the molecule is CCc1cc2c(=O)c(-c3nc(C)cs3)c(N)oc2c(Cc2c(N)oc3c(C)c4oc(=O)cc(-c5ccccc5)c4cc3c2=O)c1O. The van der Waals surface area contributed by atoms with E-state index in [9.17, 15) is 19.5 Å². The molecule has 0 aliphatic heterocycles. The molecule has 0 radical (unpaired) electrons. The Balaban J connectivity index is 1.48. The van der Waals surface area contributed by atoms with Gasteiger partial charge < -0.3 is 29.8 Å². The Hall–Kier alpha value is -5.68. The quantitative estimate of drug-likeness (QED) is 0.141. The molecule has 0 aliphatic rings.